The lowest BCUT2D eigenvalue weighted by Crippen LogP contribution is -2.17. The van der Waals surface area contributed by atoms with Gasteiger partial charge in [-0.15, -0.1) is 0 Å². The molecule has 2 amide bonds. The molecule has 0 saturated heterocycles. The number of urea groups is 1. The number of ether oxygens (including phenoxy) is 1. The van der Waals surface area contributed by atoms with E-state index in [9.17, 15) is 9.59 Å². The van der Waals surface area contributed by atoms with Gasteiger partial charge in [-0.1, -0.05) is 17.7 Å². The third kappa shape index (κ3) is 4.74. The van der Waals surface area contributed by atoms with Gasteiger partial charge in [-0.05, 0) is 55.1 Å². The molecule has 152 valence electrons. The van der Waals surface area contributed by atoms with E-state index in [-0.39, 0.29) is 11.1 Å². The van der Waals surface area contributed by atoms with Crippen molar-refractivity contribution < 1.29 is 9.53 Å². The summed E-state index contributed by atoms with van der Waals surface area (Å²) in [5.41, 5.74) is 1.40. The number of carbonyl (C=O) groups is 1. The number of hydrogen-bond donors (Lipinski definition) is 2. The van der Waals surface area contributed by atoms with Crippen LogP contribution in [-0.4, -0.2) is 29.1 Å². The molecule has 2 aromatic carbocycles. The van der Waals surface area contributed by atoms with E-state index >= 15 is 0 Å². The Labute approximate surface area is 181 Å². The third-order valence-electron chi connectivity index (χ3n) is 4.07. The number of aromatic amines is 1. The summed E-state index contributed by atoms with van der Waals surface area (Å²) in [7, 11) is 1.45. The minimum atomic E-state index is -0.678. The molecule has 0 radical (unpaired) electrons. The molecule has 0 fully saturated rings. The molecule has 0 aliphatic rings. The van der Waals surface area contributed by atoms with Gasteiger partial charge in [0.25, 0.3) is 5.56 Å². The number of carbonyl (C=O) groups excluding carboxylic acids is 1. The summed E-state index contributed by atoms with van der Waals surface area (Å²) in [5.74, 6) is 0.389. The first-order valence-electron chi connectivity index (χ1n) is 8.59. The van der Waals surface area contributed by atoms with Crippen molar-refractivity contribution in [3.8, 4) is 16.8 Å². The Kier molecular flexibility index (Phi) is 6.61. The van der Waals surface area contributed by atoms with Crippen LogP contribution in [0.5, 0.6) is 5.75 Å². The van der Waals surface area contributed by atoms with Crippen molar-refractivity contribution in [1.82, 2.24) is 9.78 Å². The molecule has 1 aromatic heterocycles. The second kappa shape index (κ2) is 9.35. The van der Waals surface area contributed by atoms with Crippen LogP contribution in [0.25, 0.3) is 5.69 Å². The highest BCUT2D eigenvalue weighted by Crippen LogP contribution is 2.30. The molecule has 3 rings (SSSR count). The molecule has 30 heavy (non-hydrogen) atoms. The molecule has 0 aliphatic carbocycles. The summed E-state index contributed by atoms with van der Waals surface area (Å²) >= 11 is 6.97. The van der Waals surface area contributed by atoms with E-state index < -0.39 is 6.03 Å². The van der Waals surface area contributed by atoms with Gasteiger partial charge in [0.1, 0.15) is 11.2 Å². The van der Waals surface area contributed by atoms with Gasteiger partial charge < -0.3 is 10.1 Å². The maximum atomic E-state index is 12.7. The number of halogens is 1. The fraction of sp³-hybridized carbons (Fsp3) is 0.100. The number of nitrogens with one attached hydrogen (secondary N) is 2. The maximum absolute atomic E-state index is 12.7. The van der Waals surface area contributed by atoms with E-state index in [0.717, 1.165) is 11.8 Å². The molecule has 3 aromatic rings. The molecule has 1 heterocycles. The van der Waals surface area contributed by atoms with Gasteiger partial charge in [0.15, 0.2) is 0 Å². The lowest BCUT2D eigenvalue weighted by molar-refractivity contribution is 0.259. The molecular formula is C20H16ClN5O3S. The van der Waals surface area contributed by atoms with Gasteiger partial charge in [0, 0.05) is 21.8 Å². The minimum Gasteiger partial charge on any atom is -0.495 e. The number of thioether (sulfide) groups is 1. The van der Waals surface area contributed by atoms with Crippen LogP contribution in [0.15, 0.2) is 57.1 Å². The largest absolute Gasteiger partial charge is 0.495 e. The normalized spacial score (nSPS) is 10.7. The van der Waals surface area contributed by atoms with Crippen molar-refractivity contribution in [2.24, 2.45) is 4.99 Å². The first-order chi connectivity index (χ1) is 14.4. The highest BCUT2D eigenvalue weighted by molar-refractivity contribution is 8.03. The Morgan fingerprint density at radius 2 is 2.17 bits per heavy atom. The van der Waals surface area contributed by atoms with E-state index in [4.69, 9.17) is 21.6 Å². The average molecular weight is 442 g/mol. The number of aryl methyl sites for hydroxylation is 1. The van der Waals surface area contributed by atoms with Crippen LogP contribution in [0.3, 0.4) is 0 Å². The van der Waals surface area contributed by atoms with Gasteiger partial charge in [-0.25, -0.2) is 14.5 Å². The molecule has 0 unspecified atom stereocenters. The van der Waals surface area contributed by atoms with Gasteiger partial charge in [-0.3, -0.25) is 9.89 Å². The van der Waals surface area contributed by atoms with E-state index in [0.29, 0.717) is 32.7 Å². The number of nitrogens with zero attached hydrogens (tertiary/aromatic N) is 3. The van der Waals surface area contributed by atoms with E-state index in [2.05, 4.69) is 15.4 Å². The standard InChI is InChI=1S/C20H16ClN5O3S/c1-12-16(19(27)26(25-12)14-5-3-4-13(21)8-14)10-23-20(28)24-17-7-6-15(30-11-22)9-18(17)29-2/h3-10,25H,1-2H3,(H,24,28). The van der Waals surface area contributed by atoms with Crippen LogP contribution in [0.4, 0.5) is 10.5 Å². The average Bonchev–Trinajstić information content (AvgIpc) is 3.01. The SMILES string of the molecule is COc1cc(SC#N)ccc1NC(=O)N=Cc1c(C)[nH]n(-c2cccc(Cl)c2)c1=O. The number of rotatable bonds is 5. The highest BCUT2D eigenvalue weighted by atomic mass is 35.5. The Morgan fingerprint density at radius 1 is 1.37 bits per heavy atom. The Bertz CT molecular complexity index is 1230. The lowest BCUT2D eigenvalue weighted by Gasteiger charge is -2.09. The van der Waals surface area contributed by atoms with Crippen molar-refractivity contribution in [3.05, 3.63) is 69.1 Å². The minimum absolute atomic E-state index is 0.248. The fourth-order valence-electron chi connectivity index (χ4n) is 2.67. The topological polar surface area (TPSA) is 112 Å². The van der Waals surface area contributed by atoms with Crippen LogP contribution in [-0.2, 0) is 0 Å². The zero-order chi connectivity index (χ0) is 21.7. The smallest absolute Gasteiger partial charge is 0.345 e. The van der Waals surface area contributed by atoms with Crippen molar-refractivity contribution in [2.75, 3.05) is 12.4 Å². The van der Waals surface area contributed by atoms with E-state index in [1.54, 1.807) is 49.4 Å². The highest BCUT2D eigenvalue weighted by Gasteiger charge is 2.12. The number of amides is 2. The molecule has 2 N–H and O–H groups in total. The number of methoxy groups -OCH3 is 1. The summed E-state index contributed by atoms with van der Waals surface area (Å²) in [6.45, 7) is 1.70. The van der Waals surface area contributed by atoms with Crippen LogP contribution < -0.4 is 15.6 Å². The summed E-state index contributed by atoms with van der Waals surface area (Å²) in [5, 5.41) is 16.8. The van der Waals surface area contributed by atoms with E-state index in [1.165, 1.54) is 18.0 Å². The first-order valence-corrected chi connectivity index (χ1v) is 9.79. The van der Waals surface area contributed by atoms with Gasteiger partial charge >= 0.3 is 6.03 Å². The summed E-state index contributed by atoms with van der Waals surface area (Å²) < 4.78 is 6.57. The predicted octanol–water partition coefficient (Wildman–Crippen LogP) is 4.36. The summed E-state index contributed by atoms with van der Waals surface area (Å²) in [6, 6.07) is 11.1. The predicted molar refractivity (Wildman–Crippen MR) is 117 cm³/mol. The molecule has 0 spiro atoms. The Hall–Kier alpha value is -3.48. The molecule has 8 nitrogen and oxygen atoms in total. The van der Waals surface area contributed by atoms with Gasteiger partial charge in [0.05, 0.1) is 24.0 Å². The zero-order valence-electron chi connectivity index (χ0n) is 16.0. The molecule has 0 saturated carbocycles. The zero-order valence-corrected chi connectivity index (χ0v) is 17.5. The Balaban J connectivity index is 1.81. The number of benzene rings is 2. The van der Waals surface area contributed by atoms with Crippen LogP contribution in [0.2, 0.25) is 5.02 Å². The quantitative estimate of drug-likeness (QED) is 0.347. The molecule has 0 atom stereocenters. The van der Waals surface area contributed by atoms with Crippen LogP contribution in [0.1, 0.15) is 11.3 Å². The molecule has 0 aliphatic heterocycles. The number of thiocyanates is 1. The molecule has 10 heteroatoms. The van der Waals surface area contributed by atoms with E-state index in [1.807, 2.05) is 5.40 Å². The van der Waals surface area contributed by atoms with Gasteiger partial charge in [-0.2, -0.15) is 5.26 Å². The van der Waals surface area contributed by atoms with Crippen molar-refractivity contribution in [2.45, 2.75) is 11.8 Å². The van der Waals surface area contributed by atoms with Gasteiger partial charge in [0.2, 0.25) is 0 Å². The fourth-order valence-corrected chi connectivity index (χ4v) is 3.26. The number of anilines is 1. The Morgan fingerprint density at radius 3 is 2.87 bits per heavy atom. The number of nitriles is 1. The number of aromatic nitrogens is 2. The second-order valence-corrected chi connectivity index (χ2v) is 7.31. The molecule has 0 bridgehead atoms. The summed E-state index contributed by atoms with van der Waals surface area (Å²) in [6.07, 6.45) is 1.21. The third-order valence-corrected chi connectivity index (χ3v) is 4.89. The number of hydrogen-bond acceptors (Lipinski definition) is 5. The molecular weight excluding hydrogens is 426 g/mol. The lowest BCUT2D eigenvalue weighted by atomic mass is 10.3. The van der Waals surface area contributed by atoms with Crippen molar-refractivity contribution >= 4 is 41.3 Å². The summed E-state index contributed by atoms with van der Waals surface area (Å²) in [4.78, 5) is 29.4. The number of H-pyrrole nitrogens is 1. The monoisotopic (exact) mass is 441 g/mol. The van der Waals surface area contributed by atoms with Crippen molar-refractivity contribution in [1.29, 1.82) is 5.26 Å². The maximum Gasteiger partial charge on any atom is 0.345 e. The van der Waals surface area contributed by atoms with Crippen LogP contribution >= 0.6 is 23.4 Å². The van der Waals surface area contributed by atoms with Crippen molar-refractivity contribution in [3.63, 3.8) is 0 Å². The first kappa shape index (κ1) is 21.2. The second-order valence-electron chi connectivity index (χ2n) is 6.01. The number of aliphatic imine (C=N–C) groups is 1. The van der Waals surface area contributed by atoms with Crippen LogP contribution in [0, 0.1) is 17.6 Å².